The van der Waals surface area contributed by atoms with Crippen LogP contribution in [0.15, 0.2) is 58.7 Å². The second kappa shape index (κ2) is 32.7. The Morgan fingerprint density at radius 2 is 1.08 bits per heavy atom. The summed E-state index contributed by atoms with van der Waals surface area (Å²) in [6, 6.07) is 4.40. The summed E-state index contributed by atoms with van der Waals surface area (Å²) in [4.78, 5) is 8.91. The summed E-state index contributed by atoms with van der Waals surface area (Å²) in [5.41, 5.74) is 6.91. The maximum absolute atomic E-state index is 5.30. The predicted octanol–water partition coefficient (Wildman–Crippen LogP) is 15.4. The lowest BCUT2D eigenvalue weighted by Gasteiger charge is -2.42. The fourth-order valence-corrected chi connectivity index (χ4v) is 8.22. The molecule has 0 radical (unpaired) electrons. The van der Waals surface area contributed by atoms with Crippen molar-refractivity contribution in [2.24, 2.45) is 43.7 Å². The van der Waals surface area contributed by atoms with Crippen molar-refractivity contribution in [1.82, 2.24) is 45.7 Å². The third-order valence-electron chi connectivity index (χ3n) is 14.0. The van der Waals surface area contributed by atoms with E-state index in [1.165, 1.54) is 51.0 Å². The van der Waals surface area contributed by atoms with Crippen molar-refractivity contribution < 1.29 is 14.2 Å². The average Bonchev–Trinajstić information content (AvgIpc) is 3.88. The molecule has 3 aromatic rings. The Morgan fingerprint density at radius 3 is 1.25 bits per heavy atom. The van der Waals surface area contributed by atoms with E-state index in [4.69, 9.17) is 14.2 Å². The van der Waals surface area contributed by atoms with Gasteiger partial charge in [0.15, 0.2) is 6.29 Å². The molecule has 2 N–H and O–H groups in total. The lowest BCUT2D eigenvalue weighted by Crippen LogP contribution is -2.49. The van der Waals surface area contributed by atoms with Gasteiger partial charge in [-0.25, -0.2) is 0 Å². The van der Waals surface area contributed by atoms with Crippen molar-refractivity contribution in [3.63, 3.8) is 0 Å². The monoisotopic (exact) mass is 1120 g/mol. The lowest BCUT2D eigenvalue weighted by molar-refractivity contribution is -0.112. The van der Waals surface area contributed by atoms with Gasteiger partial charge in [0.05, 0.1) is 44.4 Å². The Kier molecular flexibility index (Phi) is 30.6. The Balaban J connectivity index is 0.000000445. The highest BCUT2D eigenvalue weighted by Crippen LogP contribution is 2.44. The number of hydrogen-bond donors (Lipinski definition) is 2. The summed E-state index contributed by atoms with van der Waals surface area (Å²) in [6.07, 6.45) is 13.6. The molecule has 456 valence electrons. The van der Waals surface area contributed by atoms with Crippen LogP contribution in [-0.2, 0) is 30.5 Å². The van der Waals surface area contributed by atoms with Crippen molar-refractivity contribution in [3.05, 3.63) is 64.8 Å². The van der Waals surface area contributed by atoms with E-state index in [0.29, 0.717) is 21.9 Å². The molecule has 1 aliphatic carbocycles. The predicted molar refractivity (Wildman–Crippen MR) is 335 cm³/mol. The van der Waals surface area contributed by atoms with E-state index in [9.17, 15) is 0 Å². The van der Waals surface area contributed by atoms with Crippen molar-refractivity contribution >= 4 is 11.3 Å². The summed E-state index contributed by atoms with van der Waals surface area (Å²) >= 11 is 1.61. The fourth-order valence-electron chi connectivity index (χ4n) is 7.58. The molecular weight excluding hydrogens is 1000 g/mol. The molecule has 8 heterocycles. The van der Waals surface area contributed by atoms with Gasteiger partial charge < -0.3 is 19.5 Å². The van der Waals surface area contributed by atoms with Crippen LogP contribution in [0, 0.1) is 33.5 Å². The zero-order chi connectivity index (χ0) is 60.7. The first-order valence-electron chi connectivity index (χ1n) is 29.6. The van der Waals surface area contributed by atoms with E-state index in [1.807, 2.05) is 18.5 Å². The molecule has 1 saturated carbocycles. The molecular formula is C64H121N11O3S. The number of rotatable bonds is 0. The molecule has 0 amide bonds. The molecule has 1 atom stereocenters. The van der Waals surface area contributed by atoms with Crippen LogP contribution in [0.25, 0.3) is 0 Å². The van der Waals surface area contributed by atoms with Crippen LogP contribution in [0.4, 0.5) is 0 Å². The van der Waals surface area contributed by atoms with Gasteiger partial charge in [0, 0.05) is 59.0 Å². The average molecular weight is 1120 g/mol. The number of aromatic amines is 1. The molecule has 0 spiro atoms. The number of hydrogen-bond acceptors (Lipinski definition) is 14. The normalized spacial score (nSPS) is 19.3. The molecule has 5 aliphatic heterocycles. The third-order valence-corrected chi connectivity index (χ3v) is 15.2. The molecule has 14 nitrogen and oxygen atoms in total. The van der Waals surface area contributed by atoms with E-state index >= 15 is 0 Å². The number of aromatic nitrogens is 6. The van der Waals surface area contributed by atoms with E-state index < -0.39 is 0 Å². The van der Waals surface area contributed by atoms with E-state index in [0.717, 1.165) is 62.1 Å². The second-order valence-corrected chi connectivity index (χ2v) is 31.9. The zero-order valence-electron chi connectivity index (χ0n) is 55.8. The van der Waals surface area contributed by atoms with Crippen LogP contribution in [0.5, 0.6) is 0 Å². The van der Waals surface area contributed by atoms with Crippen LogP contribution < -0.4 is 5.32 Å². The molecule has 79 heavy (non-hydrogen) atoms. The highest BCUT2D eigenvalue weighted by Gasteiger charge is 2.34. The molecule has 3 aromatic heterocycles. The molecule has 0 bridgehead atoms. The van der Waals surface area contributed by atoms with Crippen molar-refractivity contribution in [2.75, 3.05) is 65.7 Å². The van der Waals surface area contributed by atoms with Gasteiger partial charge in [0.2, 0.25) is 0 Å². The number of likely N-dealkylation sites (tertiary alicyclic amines) is 1. The Labute approximate surface area is 489 Å². The van der Waals surface area contributed by atoms with Gasteiger partial charge >= 0.3 is 0 Å². The SMILES string of the molecule is CC(C)(C)C1C=CN=N1.CC(C)(C)C1CC1.CC(C)(C)C1CNC1.CC(C)(C)C1OCCO1.CC(C)(C)N1CCC1.CC(C)(C)N1CCOCC1.CC(C)(C)c1ccncc1.CC(C)(C)c1cn[nH]n1.CC(C)(C)c1nncs1. The van der Waals surface area contributed by atoms with Gasteiger partial charge in [0.25, 0.3) is 0 Å². The minimum absolute atomic E-state index is 0.0116. The molecule has 5 fully saturated rings. The van der Waals surface area contributed by atoms with Crippen LogP contribution >= 0.6 is 11.3 Å². The molecule has 0 aromatic carbocycles. The molecule has 1 unspecified atom stereocenters. The summed E-state index contributed by atoms with van der Waals surface area (Å²) in [5.74, 6) is 1.97. The first kappa shape index (κ1) is 74.0. The molecule has 6 aliphatic rings. The van der Waals surface area contributed by atoms with Gasteiger partial charge in [-0.15, -0.1) is 21.5 Å². The number of nitrogens with one attached hydrogen (secondary N) is 2. The Morgan fingerprint density at radius 1 is 0.570 bits per heavy atom. The van der Waals surface area contributed by atoms with Gasteiger partial charge in [-0.3, -0.25) is 14.8 Å². The Hall–Kier alpha value is -3.05. The summed E-state index contributed by atoms with van der Waals surface area (Å²) < 4.78 is 15.8. The van der Waals surface area contributed by atoms with Crippen LogP contribution in [-0.4, -0.2) is 129 Å². The Bertz CT molecular complexity index is 1960. The second-order valence-electron chi connectivity index (χ2n) is 31.1. The first-order chi connectivity index (χ1) is 35.9. The largest absolute Gasteiger partial charge is 0.379 e. The molecule has 4 saturated heterocycles. The van der Waals surface area contributed by atoms with E-state index in [1.54, 1.807) is 29.2 Å². The van der Waals surface area contributed by atoms with Crippen LogP contribution in [0.1, 0.15) is 222 Å². The number of H-pyrrole nitrogens is 1. The lowest BCUT2D eigenvalue weighted by atomic mass is 9.77. The van der Waals surface area contributed by atoms with Gasteiger partial charge in [-0.1, -0.05) is 145 Å². The molecule has 9 rings (SSSR count). The van der Waals surface area contributed by atoms with Gasteiger partial charge in [-0.05, 0) is 144 Å². The van der Waals surface area contributed by atoms with E-state index in [2.05, 4.69) is 255 Å². The van der Waals surface area contributed by atoms with Gasteiger partial charge in [0.1, 0.15) is 10.5 Å². The summed E-state index contributed by atoms with van der Waals surface area (Å²) in [5, 5.41) is 30.1. The fraction of sp³-hybridized carbons (Fsp3) is 0.828. The zero-order valence-corrected chi connectivity index (χ0v) is 56.6. The van der Waals surface area contributed by atoms with Crippen molar-refractivity contribution in [3.8, 4) is 0 Å². The highest BCUT2D eigenvalue weighted by molar-refractivity contribution is 7.09. The quantitative estimate of drug-likeness (QED) is 0.221. The van der Waals surface area contributed by atoms with Crippen molar-refractivity contribution in [2.45, 2.75) is 246 Å². The van der Waals surface area contributed by atoms with E-state index in [-0.39, 0.29) is 39.4 Å². The number of pyridine rings is 1. The summed E-state index contributed by atoms with van der Waals surface area (Å²) in [6.45, 7) is 70.1. The topological polar surface area (TPSA) is 151 Å². The third kappa shape index (κ3) is 33.0. The van der Waals surface area contributed by atoms with Crippen LogP contribution in [0.2, 0.25) is 0 Å². The number of azo groups is 1. The molecule has 15 heteroatoms. The minimum Gasteiger partial charge on any atom is -0.379 e. The number of ether oxygens (including phenoxy) is 3. The number of nitrogens with zero attached hydrogens (tertiary/aromatic N) is 9. The maximum atomic E-state index is 5.30. The van der Waals surface area contributed by atoms with Crippen molar-refractivity contribution in [1.29, 1.82) is 0 Å². The maximum Gasteiger partial charge on any atom is 0.162 e. The standard InChI is InChI=1S/C9H13N.C8H17NO.C7H12N2.2C7H15N.C7H14O2.C7H14.C6H11N3.C6H10N2S/c1-9(2,3)8-4-6-10-7-5-8;1-8(2,3)9-4-6-10-7-5-9;1-7(2,3)6-4-5-8-9-6;1-7(2,3)6-4-8-5-6;1-7(2,3)8-5-4-6-8;1-7(2,3)6-8-4-5-9-6;1-7(2,3)6-4-5-6;1-6(2,3)5-4-7-9-8-5;1-6(2,3)5-8-7-4-9-5/h4-7H,1-3H3;4-7H2,1-3H3;4-6H,1-3H3;6,8H,4-5H2,1-3H3;4-6H2,1-3H3;6H,4-5H2,1-3H3;6H,4-5H2,1-3H3;4H,1-3H3,(H,7,8,9);4H,1-3H3. The van der Waals surface area contributed by atoms with Crippen LogP contribution in [0.3, 0.4) is 0 Å². The smallest absolute Gasteiger partial charge is 0.162 e. The minimum atomic E-state index is 0.0116. The highest BCUT2D eigenvalue weighted by atomic mass is 32.1. The summed E-state index contributed by atoms with van der Waals surface area (Å²) in [7, 11) is 0. The van der Waals surface area contributed by atoms with Gasteiger partial charge in [-0.2, -0.15) is 25.6 Å². The first-order valence-corrected chi connectivity index (χ1v) is 30.4. The number of morpholine rings is 1.